The standard InChI is InChI=1S/C15H16F3N3O/c1-4-14(22)19-12-8-11(15(16,17)18)5-6-13(12)21-10(3)7-9(2)20-21/h5-8H,4H2,1-3H3,(H,19,22). The van der Waals surface area contributed by atoms with Crippen LogP contribution in [0.2, 0.25) is 0 Å². The van der Waals surface area contributed by atoms with Gasteiger partial charge in [-0.15, -0.1) is 0 Å². The number of amides is 1. The molecule has 2 aromatic rings. The number of aromatic nitrogens is 2. The van der Waals surface area contributed by atoms with Gasteiger partial charge in [-0.3, -0.25) is 4.79 Å². The van der Waals surface area contributed by atoms with Gasteiger partial charge in [0.25, 0.3) is 0 Å². The number of rotatable bonds is 3. The zero-order chi connectivity index (χ0) is 16.5. The molecule has 0 radical (unpaired) electrons. The van der Waals surface area contributed by atoms with Crippen LogP contribution in [0.25, 0.3) is 5.69 Å². The first-order chi connectivity index (χ1) is 10.2. The average molecular weight is 311 g/mol. The molecule has 1 aromatic carbocycles. The van der Waals surface area contributed by atoms with Gasteiger partial charge in [-0.1, -0.05) is 6.92 Å². The summed E-state index contributed by atoms with van der Waals surface area (Å²) in [5.74, 6) is -0.359. The molecule has 0 aliphatic carbocycles. The summed E-state index contributed by atoms with van der Waals surface area (Å²) < 4.78 is 40.1. The molecule has 0 atom stereocenters. The Labute approximate surface area is 125 Å². The maximum Gasteiger partial charge on any atom is 0.416 e. The molecule has 118 valence electrons. The topological polar surface area (TPSA) is 46.9 Å². The number of carbonyl (C=O) groups is 1. The van der Waals surface area contributed by atoms with Gasteiger partial charge in [-0.2, -0.15) is 18.3 Å². The molecule has 0 fully saturated rings. The Morgan fingerprint density at radius 2 is 1.95 bits per heavy atom. The third-order valence-electron chi connectivity index (χ3n) is 3.16. The van der Waals surface area contributed by atoms with Gasteiger partial charge in [0.1, 0.15) is 0 Å². The Balaban J connectivity index is 2.57. The van der Waals surface area contributed by atoms with Crippen molar-refractivity contribution in [1.29, 1.82) is 0 Å². The number of halogens is 3. The Bertz CT molecular complexity index is 705. The summed E-state index contributed by atoms with van der Waals surface area (Å²) in [5, 5.41) is 6.76. The molecule has 1 N–H and O–H groups in total. The highest BCUT2D eigenvalue weighted by molar-refractivity contribution is 5.92. The van der Waals surface area contributed by atoms with E-state index in [9.17, 15) is 18.0 Å². The van der Waals surface area contributed by atoms with Crippen molar-refractivity contribution in [3.05, 3.63) is 41.2 Å². The number of aryl methyl sites for hydroxylation is 2. The molecule has 0 aliphatic rings. The fraction of sp³-hybridized carbons (Fsp3) is 0.333. The third-order valence-corrected chi connectivity index (χ3v) is 3.16. The first-order valence-electron chi connectivity index (χ1n) is 6.77. The van der Waals surface area contributed by atoms with Crippen LogP contribution in [0.5, 0.6) is 0 Å². The van der Waals surface area contributed by atoms with Gasteiger partial charge in [-0.05, 0) is 38.1 Å². The van der Waals surface area contributed by atoms with Crippen molar-refractivity contribution >= 4 is 11.6 Å². The number of alkyl halides is 3. The fourth-order valence-electron chi connectivity index (χ4n) is 2.11. The smallest absolute Gasteiger partial charge is 0.324 e. The van der Waals surface area contributed by atoms with E-state index in [1.54, 1.807) is 20.8 Å². The Morgan fingerprint density at radius 1 is 1.27 bits per heavy atom. The summed E-state index contributed by atoms with van der Waals surface area (Å²) in [6.45, 7) is 5.22. The van der Waals surface area contributed by atoms with E-state index in [-0.39, 0.29) is 18.0 Å². The van der Waals surface area contributed by atoms with Gasteiger partial charge in [-0.25, -0.2) is 4.68 Å². The lowest BCUT2D eigenvalue weighted by molar-refractivity contribution is -0.137. The second-order valence-electron chi connectivity index (χ2n) is 4.97. The van der Waals surface area contributed by atoms with Gasteiger partial charge in [0, 0.05) is 12.1 Å². The molecule has 2 rings (SSSR count). The highest BCUT2D eigenvalue weighted by atomic mass is 19.4. The average Bonchev–Trinajstić information content (AvgIpc) is 2.76. The molecule has 0 spiro atoms. The Hall–Kier alpha value is -2.31. The number of nitrogens with one attached hydrogen (secondary N) is 1. The summed E-state index contributed by atoms with van der Waals surface area (Å²) in [7, 11) is 0. The van der Waals surface area contributed by atoms with E-state index >= 15 is 0 Å². The minimum Gasteiger partial charge on any atom is -0.324 e. The molecule has 4 nitrogen and oxygen atoms in total. The van der Waals surface area contributed by atoms with Gasteiger partial charge in [0.15, 0.2) is 0 Å². The van der Waals surface area contributed by atoms with Crippen LogP contribution >= 0.6 is 0 Å². The van der Waals surface area contributed by atoms with Gasteiger partial charge < -0.3 is 5.32 Å². The van der Waals surface area contributed by atoms with Crippen molar-refractivity contribution in [1.82, 2.24) is 9.78 Å². The zero-order valence-electron chi connectivity index (χ0n) is 12.5. The minimum absolute atomic E-state index is 0.0906. The lowest BCUT2D eigenvalue weighted by Gasteiger charge is -2.15. The molecular formula is C15H16F3N3O. The lowest BCUT2D eigenvalue weighted by Crippen LogP contribution is -2.15. The van der Waals surface area contributed by atoms with E-state index in [1.807, 2.05) is 6.07 Å². The van der Waals surface area contributed by atoms with Crippen molar-refractivity contribution in [3.8, 4) is 5.69 Å². The van der Waals surface area contributed by atoms with Crippen molar-refractivity contribution in [2.24, 2.45) is 0 Å². The largest absolute Gasteiger partial charge is 0.416 e. The highest BCUT2D eigenvalue weighted by Crippen LogP contribution is 2.33. The minimum atomic E-state index is -4.47. The molecule has 7 heteroatoms. The van der Waals surface area contributed by atoms with E-state index in [1.165, 1.54) is 10.7 Å². The Kier molecular flexibility index (Phi) is 4.25. The van der Waals surface area contributed by atoms with Crippen molar-refractivity contribution < 1.29 is 18.0 Å². The summed E-state index contributed by atoms with van der Waals surface area (Å²) in [6.07, 6.45) is -4.30. The quantitative estimate of drug-likeness (QED) is 0.935. The van der Waals surface area contributed by atoms with E-state index in [0.29, 0.717) is 5.69 Å². The third kappa shape index (κ3) is 3.29. The van der Waals surface area contributed by atoms with Gasteiger partial charge >= 0.3 is 6.18 Å². The predicted octanol–water partition coefficient (Wildman–Crippen LogP) is 3.86. The highest BCUT2D eigenvalue weighted by Gasteiger charge is 2.31. The number of hydrogen-bond donors (Lipinski definition) is 1. The number of benzene rings is 1. The second-order valence-corrected chi connectivity index (χ2v) is 4.97. The molecule has 0 saturated carbocycles. The summed E-state index contributed by atoms with van der Waals surface area (Å²) in [6, 6.07) is 5.03. The van der Waals surface area contributed by atoms with Crippen molar-refractivity contribution in [3.63, 3.8) is 0 Å². The van der Waals surface area contributed by atoms with Crippen LogP contribution in [-0.4, -0.2) is 15.7 Å². The van der Waals surface area contributed by atoms with E-state index < -0.39 is 11.7 Å². The van der Waals surface area contributed by atoms with Gasteiger partial charge in [0.05, 0.1) is 22.6 Å². The van der Waals surface area contributed by atoms with Crippen LogP contribution in [0.1, 0.15) is 30.3 Å². The van der Waals surface area contributed by atoms with Crippen LogP contribution in [0.15, 0.2) is 24.3 Å². The molecule has 0 saturated heterocycles. The zero-order valence-corrected chi connectivity index (χ0v) is 12.5. The number of anilines is 1. The molecule has 0 unspecified atom stereocenters. The SMILES string of the molecule is CCC(=O)Nc1cc(C(F)(F)F)ccc1-n1nc(C)cc1C. The van der Waals surface area contributed by atoms with Crippen LogP contribution < -0.4 is 5.32 Å². The maximum atomic E-state index is 12.9. The molecule has 1 heterocycles. The number of hydrogen-bond acceptors (Lipinski definition) is 2. The molecule has 0 bridgehead atoms. The lowest BCUT2D eigenvalue weighted by atomic mass is 10.1. The molecule has 1 aromatic heterocycles. The molecule has 1 amide bonds. The van der Waals surface area contributed by atoms with Crippen LogP contribution in [0.3, 0.4) is 0 Å². The molecule has 0 aliphatic heterocycles. The van der Waals surface area contributed by atoms with Crippen LogP contribution in [0, 0.1) is 13.8 Å². The first-order valence-corrected chi connectivity index (χ1v) is 6.77. The second kappa shape index (κ2) is 5.82. The number of carbonyl (C=O) groups excluding carboxylic acids is 1. The Morgan fingerprint density at radius 3 is 2.45 bits per heavy atom. The van der Waals surface area contributed by atoms with E-state index in [0.717, 1.165) is 23.5 Å². The molecule has 22 heavy (non-hydrogen) atoms. The predicted molar refractivity (Wildman–Crippen MR) is 77.0 cm³/mol. The first kappa shape index (κ1) is 16.1. The normalized spacial score (nSPS) is 11.5. The molecular weight excluding hydrogens is 295 g/mol. The summed E-state index contributed by atoms with van der Waals surface area (Å²) in [4.78, 5) is 11.6. The van der Waals surface area contributed by atoms with Crippen molar-refractivity contribution in [2.75, 3.05) is 5.32 Å². The van der Waals surface area contributed by atoms with Crippen molar-refractivity contribution in [2.45, 2.75) is 33.4 Å². The van der Waals surface area contributed by atoms with E-state index in [2.05, 4.69) is 10.4 Å². The number of nitrogens with zero attached hydrogens (tertiary/aromatic N) is 2. The van der Waals surface area contributed by atoms with E-state index in [4.69, 9.17) is 0 Å². The summed E-state index contributed by atoms with van der Waals surface area (Å²) >= 11 is 0. The van der Waals surface area contributed by atoms with Crippen LogP contribution in [-0.2, 0) is 11.0 Å². The van der Waals surface area contributed by atoms with Crippen LogP contribution in [0.4, 0.5) is 18.9 Å². The summed E-state index contributed by atoms with van der Waals surface area (Å²) in [5.41, 5.74) is 1.19. The fourth-order valence-corrected chi connectivity index (χ4v) is 2.11. The monoisotopic (exact) mass is 311 g/mol. The maximum absolute atomic E-state index is 12.9. The van der Waals surface area contributed by atoms with Gasteiger partial charge in [0.2, 0.25) is 5.91 Å².